The molecule has 2 N–H and O–H groups in total. The second-order valence-electron chi connectivity index (χ2n) is 6.05. The number of aromatic nitrogens is 2. The Labute approximate surface area is 135 Å². The Morgan fingerprint density at radius 1 is 1.13 bits per heavy atom. The molecule has 1 heterocycles. The number of hydrogen-bond acceptors (Lipinski definition) is 3. The van der Waals surface area contributed by atoms with Gasteiger partial charge in [-0.25, -0.2) is 4.68 Å². The molecular formula is C19H21N3O. The number of rotatable bonds is 3. The zero-order valence-electron chi connectivity index (χ0n) is 13.7. The van der Waals surface area contributed by atoms with Crippen LogP contribution in [0.1, 0.15) is 24.1 Å². The highest BCUT2D eigenvalue weighted by atomic mass is 16.1. The van der Waals surface area contributed by atoms with Crippen LogP contribution in [0.15, 0.2) is 47.3 Å². The Hall–Kier alpha value is -2.46. The van der Waals surface area contributed by atoms with Crippen LogP contribution in [0.5, 0.6) is 0 Å². The van der Waals surface area contributed by atoms with Crippen molar-refractivity contribution in [1.29, 1.82) is 0 Å². The van der Waals surface area contributed by atoms with E-state index in [1.807, 2.05) is 31.2 Å². The summed E-state index contributed by atoms with van der Waals surface area (Å²) >= 11 is 0. The van der Waals surface area contributed by atoms with Gasteiger partial charge in [-0.1, -0.05) is 35.9 Å². The molecule has 0 aliphatic rings. The molecule has 0 amide bonds. The number of aryl methyl sites for hydroxylation is 2. The summed E-state index contributed by atoms with van der Waals surface area (Å²) in [5.74, 6) is 0. The lowest BCUT2D eigenvalue weighted by Gasteiger charge is -2.16. The fraction of sp³-hybridized carbons (Fsp3) is 0.263. The molecule has 23 heavy (non-hydrogen) atoms. The molecule has 118 valence electrons. The first-order valence-electron chi connectivity index (χ1n) is 7.82. The fourth-order valence-corrected chi connectivity index (χ4v) is 2.80. The van der Waals surface area contributed by atoms with Crippen LogP contribution in [-0.2, 0) is 0 Å². The average molecular weight is 307 g/mol. The van der Waals surface area contributed by atoms with Crippen molar-refractivity contribution in [2.75, 3.05) is 6.54 Å². The molecule has 1 aromatic heterocycles. The third-order valence-electron chi connectivity index (χ3n) is 4.24. The highest BCUT2D eigenvalue weighted by Crippen LogP contribution is 2.28. The molecule has 4 nitrogen and oxygen atoms in total. The van der Waals surface area contributed by atoms with Crippen molar-refractivity contribution < 1.29 is 0 Å². The lowest BCUT2D eigenvalue weighted by molar-refractivity contribution is 0.481. The first kappa shape index (κ1) is 15.4. The maximum atomic E-state index is 12.7. The third kappa shape index (κ3) is 2.66. The molecule has 1 unspecified atom stereocenters. The zero-order valence-corrected chi connectivity index (χ0v) is 13.7. The number of nitrogens with two attached hydrogens (primary N) is 1. The monoisotopic (exact) mass is 307 g/mol. The molecule has 0 bridgehead atoms. The molecule has 0 fully saturated rings. The second-order valence-corrected chi connectivity index (χ2v) is 6.05. The predicted octanol–water partition coefficient (Wildman–Crippen LogP) is 3.20. The van der Waals surface area contributed by atoms with E-state index in [9.17, 15) is 4.79 Å². The van der Waals surface area contributed by atoms with Crippen molar-refractivity contribution in [3.05, 3.63) is 63.9 Å². The number of fused-ring (bicyclic) bond motifs is 1. The molecular weight excluding hydrogens is 286 g/mol. The largest absolute Gasteiger partial charge is 0.328 e. The van der Waals surface area contributed by atoms with E-state index in [2.05, 4.69) is 37.1 Å². The van der Waals surface area contributed by atoms with Gasteiger partial charge in [-0.3, -0.25) is 4.79 Å². The van der Waals surface area contributed by atoms with Gasteiger partial charge in [0.25, 0.3) is 5.56 Å². The Morgan fingerprint density at radius 2 is 1.83 bits per heavy atom. The molecule has 3 aromatic rings. The van der Waals surface area contributed by atoms with Crippen LogP contribution < -0.4 is 11.3 Å². The van der Waals surface area contributed by atoms with E-state index in [0.717, 1.165) is 22.2 Å². The van der Waals surface area contributed by atoms with E-state index in [-0.39, 0.29) is 11.6 Å². The molecule has 0 saturated carbocycles. The highest BCUT2D eigenvalue weighted by Gasteiger charge is 2.16. The van der Waals surface area contributed by atoms with Gasteiger partial charge in [-0.2, -0.15) is 5.10 Å². The van der Waals surface area contributed by atoms with Crippen molar-refractivity contribution in [3.63, 3.8) is 0 Å². The van der Waals surface area contributed by atoms with E-state index >= 15 is 0 Å². The third-order valence-corrected chi connectivity index (χ3v) is 4.24. The summed E-state index contributed by atoms with van der Waals surface area (Å²) in [7, 11) is 0. The van der Waals surface area contributed by atoms with E-state index in [4.69, 9.17) is 5.73 Å². The first-order valence-corrected chi connectivity index (χ1v) is 7.82. The Morgan fingerprint density at radius 3 is 2.52 bits per heavy atom. The molecule has 3 rings (SSSR count). The highest BCUT2D eigenvalue weighted by molar-refractivity contribution is 5.94. The van der Waals surface area contributed by atoms with Crippen LogP contribution in [0.3, 0.4) is 0 Å². The second kappa shape index (κ2) is 5.97. The Bertz CT molecular complexity index is 928. The molecule has 2 aromatic carbocycles. The number of benzene rings is 2. The summed E-state index contributed by atoms with van der Waals surface area (Å²) < 4.78 is 1.51. The van der Waals surface area contributed by atoms with E-state index < -0.39 is 0 Å². The molecule has 0 radical (unpaired) electrons. The van der Waals surface area contributed by atoms with Gasteiger partial charge >= 0.3 is 0 Å². The lowest BCUT2D eigenvalue weighted by atomic mass is 9.99. The van der Waals surface area contributed by atoms with Crippen LogP contribution in [-0.4, -0.2) is 16.3 Å². The first-order chi connectivity index (χ1) is 11.0. The van der Waals surface area contributed by atoms with Gasteiger partial charge < -0.3 is 5.73 Å². The van der Waals surface area contributed by atoms with Gasteiger partial charge in [0.1, 0.15) is 0 Å². The summed E-state index contributed by atoms with van der Waals surface area (Å²) in [5, 5.41) is 6.23. The van der Waals surface area contributed by atoms with Crippen molar-refractivity contribution in [1.82, 2.24) is 9.78 Å². The standard InChI is InChI=1S/C19H21N3O/c1-12-8-9-13(2)17(10-12)18-15-6-4-5-7-16(15)19(23)22(21-18)14(3)11-20/h4-10,14H,11,20H2,1-3H3. The van der Waals surface area contributed by atoms with Gasteiger partial charge in [0.05, 0.1) is 17.1 Å². The summed E-state index contributed by atoms with van der Waals surface area (Å²) in [6.45, 7) is 6.41. The zero-order chi connectivity index (χ0) is 16.6. The van der Waals surface area contributed by atoms with E-state index in [1.165, 1.54) is 10.2 Å². The van der Waals surface area contributed by atoms with Crippen molar-refractivity contribution >= 4 is 10.8 Å². The van der Waals surface area contributed by atoms with Crippen molar-refractivity contribution in [3.8, 4) is 11.3 Å². The molecule has 0 spiro atoms. The summed E-state index contributed by atoms with van der Waals surface area (Å²) in [5.41, 5.74) is 9.87. The van der Waals surface area contributed by atoms with Gasteiger partial charge in [-0.05, 0) is 38.5 Å². The minimum atomic E-state index is -0.143. The molecule has 0 aliphatic heterocycles. The topological polar surface area (TPSA) is 60.9 Å². The number of nitrogens with zero attached hydrogens (tertiary/aromatic N) is 2. The molecule has 0 saturated heterocycles. The van der Waals surface area contributed by atoms with Crippen LogP contribution in [0, 0.1) is 13.8 Å². The number of hydrogen-bond donors (Lipinski definition) is 1. The van der Waals surface area contributed by atoms with Gasteiger partial charge in [0.2, 0.25) is 0 Å². The molecule has 4 heteroatoms. The summed E-state index contributed by atoms with van der Waals surface area (Å²) in [6, 6.07) is 13.8. The SMILES string of the molecule is Cc1ccc(C)c(-c2nn(C(C)CN)c(=O)c3ccccc23)c1. The minimum Gasteiger partial charge on any atom is -0.328 e. The average Bonchev–Trinajstić information content (AvgIpc) is 2.57. The summed E-state index contributed by atoms with van der Waals surface area (Å²) in [6.07, 6.45) is 0. The predicted molar refractivity (Wildman–Crippen MR) is 94.7 cm³/mol. The van der Waals surface area contributed by atoms with E-state index in [1.54, 1.807) is 0 Å². The normalized spacial score (nSPS) is 12.5. The Balaban J connectivity index is 2.42. The van der Waals surface area contributed by atoms with Crippen LogP contribution in [0.25, 0.3) is 22.0 Å². The fourth-order valence-electron chi connectivity index (χ4n) is 2.80. The molecule has 0 aliphatic carbocycles. The maximum absolute atomic E-state index is 12.7. The smallest absolute Gasteiger partial charge is 0.274 e. The quantitative estimate of drug-likeness (QED) is 0.808. The van der Waals surface area contributed by atoms with E-state index in [0.29, 0.717) is 11.9 Å². The van der Waals surface area contributed by atoms with Crippen LogP contribution in [0.2, 0.25) is 0 Å². The van der Waals surface area contributed by atoms with Crippen molar-refractivity contribution in [2.45, 2.75) is 26.8 Å². The van der Waals surface area contributed by atoms with Crippen LogP contribution in [0.4, 0.5) is 0 Å². The maximum Gasteiger partial charge on any atom is 0.274 e. The van der Waals surface area contributed by atoms with Gasteiger partial charge in [0, 0.05) is 17.5 Å². The molecule has 1 atom stereocenters. The minimum absolute atomic E-state index is 0.0902. The van der Waals surface area contributed by atoms with Crippen LogP contribution >= 0.6 is 0 Å². The van der Waals surface area contributed by atoms with Crippen molar-refractivity contribution in [2.24, 2.45) is 5.73 Å². The van der Waals surface area contributed by atoms with Gasteiger partial charge in [0.15, 0.2) is 0 Å². The Kier molecular flexibility index (Phi) is 4.01. The van der Waals surface area contributed by atoms with Gasteiger partial charge in [-0.15, -0.1) is 0 Å². The summed E-state index contributed by atoms with van der Waals surface area (Å²) in [4.78, 5) is 12.7. The lowest BCUT2D eigenvalue weighted by Crippen LogP contribution is -2.30.